The first-order chi connectivity index (χ1) is 7.55. The molecule has 0 saturated carbocycles. The maximum absolute atomic E-state index is 4.69. The summed E-state index contributed by atoms with van der Waals surface area (Å²) in [5.41, 5.74) is 1.21. The molecule has 88 valence electrons. The van der Waals surface area contributed by atoms with Crippen LogP contribution in [-0.4, -0.2) is 13.5 Å². The summed E-state index contributed by atoms with van der Waals surface area (Å²) < 4.78 is 0. The maximum Gasteiger partial charge on any atom is 0.215 e. The summed E-state index contributed by atoms with van der Waals surface area (Å²) in [6, 6.07) is 10.2. The highest BCUT2D eigenvalue weighted by Crippen LogP contribution is 2.35. The van der Waals surface area contributed by atoms with Crippen LogP contribution < -0.4 is 0 Å². The lowest BCUT2D eigenvalue weighted by molar-refractivity contribution is -0.188. The van der Waals surface area contributed by atoms with E-state index >= 15 is 0 Å². The van der Waals surface area contributed by atoms with Gasteiger partial charge in [0.25, 0.3) is 0 Å². The van der Waals surface area contributed by atoms with Crippen molar-refractivity contribution in [3.8, 4) is 0 Å². The molecular formula is C13H19NO2. The molecule has 0 aliphatic rings. The van der Waals surface area contributed by atoms with Crippen LogP contribution in [0, 0.1) is 5.41 Å². The van der Waals surface area contributed by atoms with Crippen molar-refractivity contribution in [3.63, 3.8) is 0 Å². The van der Waals surface area contributed by atoms with Crippen molar-refractivity contribution >= 4 is 6.40 Å². The first-order valence-electron chi connectivity index (χ1n) is 5.32. The Morgan fingerprint density at radius 2 is 1.81 bits per heavy atom. The molecule has 0 aromatic heterocycles. The quantitative estimate of drug-likeness (QED) is 0.338. The van der Waals surface area contributed by atoms with Crippen LogP contribution in [0.4, 0.5) is 0 Å². The van der Waals surface area contributed by atoms with Crippen LogP contribution in [0.1, 0.15) is 32.4 Å². The highest BCUT2D eigenvalue weighted by Gasteiger charge is 2.25. The second-order valence-electron chi connectivity index (χ2n) is 4.70. The molecular weight excluding hydrogens is 202 g/mol. The molecule has 0 saturated heterocycles. The minimum absolute atomic E-state index is 0.0367. The lowest BCUT2D eigenvalue weighted by Crippen LogP contribution is -2.17. The molecule has 0 aliphatic heterocycles. The first kappa shape index (κ1) is 12.7. The summed E-state index contributed by atoms with van der Waals surface area (Å²) in [6.45, 7) is 6.44. The SMILES string of the molecule is COOC=N[C@H](c1ccccc1)C(C)(C)C. The third kappa shape index (κ3) is 3.66. The summed E-state index contributed by atoms with van der Waals surface area (Å²) in [5.74, 6) is 0. The van der Waals surface area contributed by atoms with Crippen LogP contribution >= 0.6 is 0 Å². The summed E-state index contributed by atoms with van der Waals surface area (Å²) in [6.07, 6.45) is 1.35. The normalized spacial score (nSPS) is 14.0. The molecule has 0 N–H and O–H groups in total. The standard InChI is InChI=1S/C13H19NO2/c1-13(2,3)12(14-10-16-15-4)11-8-6-5-7-9-11/h5-10,12H,1-4H3/t12-/m1/s1. The molecule has 0 unspecified atom stereocenters. The molecule has 0 amide bonds. The Morgan fingerprint density at radius 3 is 2.31 bits per heavy atom. The zero-order valence-corrected chi connectivity index (χ0v) is 10.3. The maximum atomic E-state index is 4.69. The second kappa shape index (κ2) is 5.66. The third-order valence-electron chi connectivity index (χ3n) is 2.28. The average molecular weight is 221 g/mol. The lowest BCUT2D eigenvalue weighted by Gasteiger charge is -2.27. The Kier molecular flexibility index (Phi) is 4.50. The monoisotopic (exact) mass is 221 g/mol. The molecule has 3 nitrogen and oxygen atoms in total. The summed E-state index contributed by atoms with van der Waals surface area (Å²) in [7, 11) is 1.46. The summed E-state index contributed by atoms with van der Waals surface area (Å²) >= 11 is 0. The Hall–Kier alpha value is -1.35. The molecule has 1 rings (SSSR count). The molecule has 1 aromatic rings. The molecule has 0 heterocycles. The predicted molar refractivity (Wildman–Crippen MR) is 65.2 cm³/mol. The van der Waals surface area contributed by atoms with Gasteiger partial charge in [-0.2, -0.15) is 4.89 Å². The van der Waals surface area contributed by atoms with Gasteiger partial charge in [-0.25, -0.2) is 4.99 Å². The van der Waals surface area contributed by atoms with Gasteiger partial charge in [0.1, 0.15) is 0 Å². The van der Waals surface area contributed by atoms with Crippen molar-refractivity contribution in [2.45, 2.75) is 26.8 Å². The highest BCUT2D eigenvalue weighted by molar-refractivity contribution is 5.46. The lowest BCUT2D eigenvalue weighted by atomic mass is 9.83. The molecule has 0 bridgehead atoms. The van der Waals surface area contributed by atoms with E-state index in [-0.39, 0.29) is 11.5 Å². The number of hydrogen-bond acceptors (Lipinski definition) is 3. The van der Waals surface area contributed by atoms with E-state index in [1.807, 2.05) is 18.2 Å². The van der Waals surface area contributed by atoms with E-state index in [2.05, 4.69) is 47.7 Å². The molecule has 3 heteroatoms. The first-order valence-corrected chi connectivity index (χ1v) is 5.32. The minimum Gasteiger partial charge on any atom is -0.326 e. The summed E-state index contributed by atoms with van der Waals surface area (Å²) in [5, 5.41) is 0. The molecule has 16 heavy (non-hydrogen) atoms. The largest absolute Gasteiger partial charge is 0.326 e. The predicted octanol–water partition coefficient (Wildman–Crippen LogP) is 3.38. The van der Waals surface area contributed by atoms with Gasteiger partial charge in [-0.1, -0.05) is 51.1 Å². The zero-order chi connectivity index (χ0) is 12.0. The van der Waals surface area contributed by atoms with E-state index in [0.29, 0.717) is 0 Å². The Morgan fingerprint density at radius 1 is 1.19 bits per heavy atom. The van der Waals surface area contributed by atoms with E-state index < -0.39 is 0 Å². The third-order valence-corrected chi connectivity index (χ3v) is 2.28. The van der Waals surface area contributed by atoms with Gasteiger partial charge >= 0.3 is 0 Å². The number of rotatable bonds is 4. The van der Waals surface area contributed by atoms with Crippen molar-refractivity contribution in [2.24, 2.45) is 10.4 Å². The van der Waals surface area contributed by atoms with Crippen LogP contribution in [0.25, 0.3) is 0 Å². The van der Waals surface area contributed by atoms with Gasteiger partial charge in [0.2, 0.25) is 6.40 Å². The van der Waals surface area contributed by atoms with Gasteiger partial charge in [-0.15, -0.1) is 0 Å². The number of hydrogen-bond donors (Lipinski definition) is 0. The van der Waals surface area contributed by atoms with Crippen molar-refractivity contribution < 1.29 is 9.78 Å². The summed E-state index contributed by atoms with van der Waals surface area (Å²) in [4.78, 5) is 13.6. The topological polar surface area (TPSA) is 30.8 Å². The number of aliphatic imine (C=N–C) groups is 1. The number of nitrogens with zero attached hydrogens (tertiary/aromatic N) is 1. The molecule has 1 atom stereocenters. The smallest absolute Gasteiger partial charge is 0.215 e. The molecule has 0 aliphatic carbocycles. The molecule has 1 aromatic carbocycles. The Labute approximate surface area is 97.0 Å². The van der Waals surface area contributed by atoms with E-state index in [4.69, 9.17) is 0 Å². The van der Waals surface area contributed by atoms with Gasteiger partial charge in [-0.3, -0.25) is 0 Å². The van der Waals surface area contributed by atoms with Crippen molar-refractivity contribution in [1.29, 1.82) is 0 Å². The zero-order valence-electron chi connectivity index (χ0n) is 10.3. The van der Waals surface area contributed by atoms with E-state index in [9.17, 15) is 0 Å². The van der Waals surface area contributed by atoms with Crippen LogP contribution in [-0.2, 0) is 9.78 Å². The van der Waals surface area contributed by atoms with Gasteiger partial charge in [0.15, 0.2) is 0 Å². The molecule has 0 radical (unpaired) electrons. The van der Waals surface area contributed by atoms with Crippen molar-refractivity contribution in [2.75, 3.05) is 7.11 Å². The van der Waals surface area contributed by atoms with Crippen molar-refractivity contribution in [3.05, 3.63) is 35.9 Å². The van der Waals surface area contributed by atoms with E-state index in [0.717, 1.165) is 0 Å². The van der Waals surface area contributed by atoms with Gasteiger partial charge < -0.3 is 4.89 Å². The van der Waals surface area contributed by atoms with Crippen LogP contribution in [0.2, 0.25) is 0 Å². The molecule has 0 spiro atoms. The fourth-order valence-corrected chi connectivity index (χ4v) is 1.57. The Balaban J connectivity index is 2.89. The van der Waals surface area contributed by atoms with Gasteiger partial charge in [0, 0.05) is 0 Å². The van der Waals surface area contributed by atoms with Crippen molar-refractivity contribution in [1.82, 2.24) is 0 Å². The van der Waals surface area contributed by atoms with Gasteiger partial charge in [0.05, 0.1) is 13.2 Å². The minimum atomic E-state index is 0.0367. The average Bonchev–Trinajstić information content (AvgIpc) is 2.24. The second-order valence-corrected chi connectivity index (χ2v) is 4.70. The number of benzene rings is 1. The van der Waals surface area contributed by atoms with Gasteiger partial charge in [-0.05, 0) is 11.0 Å². The van der Waals surface area contributed by atoms with E-state index in [1.165, 1.54) is 19.1 Å². The fraction of sp³-hybridized carbons (Fsp3) is 0.462. The molecule has 0 fully saturated rings. The van der Waals surface area contributed by atoms with Crippen LogP contribution in [0.5, 0.6) is 0 Å². The van der Waals surface area contributed by atoms with Crippen LogP contribution in [0.15, 0.2) is 35.3 Å². The van der Waals surface area contributed by atoms with E-state index in [1.54, 1.807) is 0 Å². The fourth-order valence-electron chi connectivity index (χ4n) is 1.57. The van der Waals surface area contributed by atoms with Crippen LogP contribution in [0.3, 0.4) is 0 Å². The highest BCUT2D eigenvalue weighted by atomic mass is 17.2. The Bertz CT molecular complexity index is 328.